The molecule has 6 nitrogen and oxygen atoms in total. The minimum atomic E-state index is -0.677. The van der Waals surface area contributed by atoms with E-state index in [1.807, 2.05) is 0 Å². The molecule has 0 aliphatic carbocycles. The average molecular weight is 319 g/mol. The first-order valence-corrected chi connectivity index (χ1v) is 7.33. The Kier molecular flexibility index (Phi) is 4.20. The highest BCUT2D eigenvalue weighted by molar-refractivity contribution is 6.11. The lowest BCUT2D eigenvalue weighted by atomic mass is 10.1. The summed E-state index contributed by atoms with van der Waals surface area (Å²) >= 11 is 0. The minimum absolute atomic E-state index is 0.0311. The Bertz CT molecular complexity index is 746. The van der Waals surface area contributed by atoms with Crippen molar-refractivity contribution in [3.05, 3.63) is 29.5 Å². The lowest BCUT2D eigenvalue weighted by Crippen LogP contribution is -2.25. The summed E-state index contributed by atoms with van der Waals surface area (Å²) in [7, 11) is 0. The van der Waals surface area contributed by atoms with Crippen LogP contribution in [0.1, 0.15) is 62.4 Å². The molecule has 2 rings (SSSR count). The molecule has 0 atom stereocenters. The fraction of sp³-hybridized carbons (Fsp3) is 0.471. The Balaban J connectivity index is 2.49. The zero-order valence-electron chi connectivity index (χ0n) is 14.2. The van der Waals surface area contributed by atoms with Crippen LogP contribution in [0.3, 0.4) is 0 Å². The molecule has 0 aliphatic heterocycles. The highest BCUT2D eigenvalue weighted by Crippen LogP contribution is 2.26. The van der Waals surface area contributed by atoms with Crippen LogP contribution in [0.5, 0.6) is 0 Å². The third kappa shape index (κ3) is 4.09. The van der Waals surface area contributed by atoms with E-state index in [1.165, 1.54) is 0 Å². The first-order valence-electron chi connectivity index (χ1n) is 7.33. The Morgan fingerprint density at radius 3 is 2.09 bits per heavy atom. The molecule has 0 bridgehead atoms. The summed E-state index contributed by atoms with van der Waals surface area (Å²) in [5, 5.41) is 4.06. The average Bonchev–Trinajstić information content (AvgIpc) is 2.78. The van der Waals surface area contributed by atoms with Crippen molar-refractivity contribution in [2.75, 3.05) is 0 Å². The number of carbonyl (C=O) groups is 2. The van der Waals surface area contributed by atoms with Crippen molar-refractivity contribution >= 4 is 22.9 Å². The molecule has 0 fully saturated rings. The largest absolute Gasteiger partial charge is 0.456 e. The summed E-state index contributed by atoms with van der Waals surface area (Å²) in [6.07, 6.45) is 0. The second kappa shape index (κ2) is 5.68. The van der Waals surface area contributed by atoms with Crippen molar-refractivity contribution < 1.29 is 23.6 Å². The van der Waals surface area contributed by atoms with E-state index in [4.69, 9.17) is 14.0 Å². The van der Waals surface area contributed by atoms with Crippen LogP contribution < -0.4 is 0 Å². The number of hydrogen-bond acceptors (Lipinski definition) is 6. The number of hydrogen-bond donors (Lipinski definition) is 0. The zero-order chi connectivity index (χ0) is 17.4. The van der Waals surface area contributed by atoms with Gasteiger partial charge in [-0.3, -0.25) is 0 Å². The van der Waals surface area contributed by atoms with Crippen LogP contribution >= 0.6 is 0 Å². The molecular weight excluding hydrogens is 298 g/mol. The van der Waals surface area contributed by atoms with Crippen LogP contribution in [0, 0.1) is 0 Å². The van der Waals surface area contributed by atoms with E-state index in [0.717, 1.165) is 0 Å². The third-order valence-corrected chi connectivity index (χ3v) is 2.71. The molecule has 0 N–H and O–H groups in total. The molecule has 1 aromatic carbocycles. The summed E-state index contributed by atoms with van der Waals surface area (Å²) in [5.74, 6) is -1.19. The number of benzene rings is 1. The van der Waals surface area contributed by atoms with Crippen LogP contribution in [0.2, 0.25) is 0 Å². The van der Waals surface area contributed by atoms with E-state index < -0.39 is 23.1 Å². The minimum Gasteiger partial charge on any atom is -0.456 e. The van der Waals surface area contributed by atoms with Gasteiger partial charge in [0.2, 0.25) is 0 Å². The van der Waals surface area contributed by atoms with Gasteiger partial charge in [0.1, 0.15) is 11.2 Å². The molecule has 0 saturated heterocycles. The van der Waals surface area contributed by atoms with Crippen molar-refractivity contribution in [1.82, 2.24) is 5.16 Å². The SMILES string of the molecule is CC(C)(C)OC(=O)c1cccc2onc(C(=O)OC(C)(C)C)c12. The summed E-state index contributed by atoms with van der Waals surface area (Å²) < 4.78 is 15.8. The lowest BCUT2D eigenvalue weighted by Gasteiger charge is -2.20. The molecule has 0 saturated carbocycles. The first-order chi connectivity index (χ1) is 10.5. The Morgan fingerprint density at radius 2 is 1.52 bits per heavy atom. The van der Waals surface area contributed by atoms with Gasteiger partial charge in [0.25, 0.3) is 0 Å². The van der Waals surface area contributed by atoms with Gasteiger partial charge in [-0.15, -0.1) is 0 Å². The molecule has 1 heterocycles. The van der Waals surface area contributed by atoms with Gasteiger partial charge in [-0.25, -0.2) is 9.59 Å². The van der Waals surface area contributed by atoms with E-state index in [1.54, 1.807) is 59.7 Å². The standard InChI is InChI=1S/C17H21NO5/c1-16(2,3)21-14(19)10-8-7-9-11-12(10)13(18-23-11)15(20)22-17(4,5)6/h7-9H,1-6H3. The lowest BCUT2D eigenvalue weighted by molar-refractivity contribution is 0.00589. The second-order valence-electron chi connectivity index (χ2n) is 7.21. The van der Waals surface area contributed by atoms with Gasteiger partial charge in [-0.05, 0) is 53.7 Å². The highest BCUT2D eigenvalue weighted by atomic mass is 16.6. The summed E-state index contributed by atoms with van der Waals surface area (Å²) in [6, 6.07) is 4.84. The maximum Gasteiger partial charge on any atom is 0.361 e. The topological polar surface area (TPSA) is 78.6 Å². The van der Waals surface area contributed by atoms with E-state index in [0.29, 0.717) is 11.0 Å². The summed E-state index contributed by atoms with van der Waals surface area (Å²) in [4.78, 5) is 24.7. The van der Waals surface area contributed by atoms with Gasteiger partial charge < -0.3 is 14.0 Å². The molecule has 6 heteroatoms. The molecule has 23 heavy (non-hydrogen) atoms. The fourth-order valence-corrected chi connectivity index (χ4v) is 1.96. The maximum atomic E-state index is 12.4. The van der Waals surface area contributed by atoms with Crippen LogP contribution in [-0.2, 0) is 9.47 Å². The number of fused-ring (bicyclic) bond motifs is 1. The van der Waals surface area contributed by atoms with E-state index in [9.17, 15) is 9.59 Å². The van der Waals surface area contributed by atoms with Gasteiger partial charge in [-0.2, -0.15) is 0 Å². The van der Waals surface area contributed by atoms with Crippen molar-refractivity contribution in [3.8, 4) is 0 Å². The maximum absolute atomic E-state index is 12.4. The number of rotatable bonds is 2. The Morgan fingerprint density at radius 1 is 0.957 bits per heavy atom. The van der Waals surface area contributed by atoms with Gasteiger partial charge in [0.05, 0.1) is 10.9 Å². The van der Waals surface area contributed by atoms with Gasteiger partial charge in [0, 0.05) is 0 Å². The Hall–Kier alpha value is -2.37. The molecule has 0 radical (unpaired) electrons. The van der Waals surface area contributed by atoms with Crippen LogP contribution in [0.4, 0.5) is 0 Å². The second-order valence-corrected chi connectivity index (χ2v) is 7.21. The first kappa shape index (κ1) is 17.0. The van der Waals surface area contributed by atoms with Crippen LogP contribution in [0.15, 0.2) is 22.7 Å². The number of ether oxygens (including phenoxy) is 2. The third-order valence-electron chi connectivity index (χ3n) is 2.71. The summed E-state index contributed by atoms with van der Waals surface area (Å²) in [5.41, 5.74) is -0.809. The van der Waals surface area contributed by atoms with Crippen LogP contribution in [-0.4, -0.2) is 28.3 Å². The normalized spacial score (nSPS) is 12.3. The number of nitrogens with zero attached hydrogens (tertiary/aromatic N) is 1. The highest BCUT2D eigenvalue weighted by Gasteiger charge is 2.28. The molecule has 0 aliphatic rings. The summed E-state index contributed by atoms with van der Waals surface area (Å²) in [6.45, 7) is 10.6. The van der Waals surface area contributed by atoms with Gasteiger partial charge in [-0.1, -0.05) is 11.2 Å². The quantitative estimate of drug-likeness (QED) is 0.785. The molecule has 2 aromatic rings. The van der Waals surface area contributed by atoms with Crippen LogP contribution in [0.25, 0.3) is 11.0 Å². The predicted molar refractivity (Wildman–Crippen MR) is 84.3 cm³/mol. The van der Waals surface area contributed by atoms with Crippen molar-refractivity contribution in [2.45, 2.75) is 52.7 Å². The van der Waals surface area contributed by atoms with Crippen molar-refractivity contribution in [1.29, 1.82) is 0 Å². The molecule has 124 valence electrons. The van der Waals surface area contributed by atoms with E-state index in [-0.39, 0.29) is 11.3 Å². The number of esters is 2. The molecule has 0 amide bonds. The number of aromatic nitrogens is 1. The number of carbonyl (C=O) groups excluding carboxylic acids is 2. The smallest absolute Gasteiger partial charge is 0.361 e. The van der Waals surface area contributed by atoms with Crippen molar-refractivity contribution in [2.24, 2.45) is 0 Å². The van der Waals surface area contributed by atoms with Gasteiger partial charge >= 0.3 is 11.9 Å². The monoisotopic (exact) mass is 319 g/mol. The molecule has 0 unspecified atom stereocenters. The molecule has 0 spiro atoms. The predicted octanol–water partition coefficient (Wildman–Crippen LogP) is 3.74. The van der Waals surface area contributed by atoms with E-state index >= 15 is 0 Å². The zero-order valence-corrected chi connectivity index (χ0v) is 14.2. The van der Waals surface area contributed by atoms with E-state index in [2.05, 4.69) is 5.16 Å². The Labute approximate surface area is 134 Å². The molecule has 1 aromatic heterocycles. The molecular formula is C17H21NO5. The van der Waals surface area contributed by atoms with Crippen molar-refractivity contribution in [3.63, 3.8) is 0 Å². The van der Waals surface area contributed by atoms with Gasteiger partial charge in [0.15, 0.2) is 11.3 Å². The fourth-order valence-electron chi connectivity index (χ4n) is 1.96.